The first-order valence-electron chi connectivity index (χ1n) is 18.2. The summed E-state index contributed by atoms with van der Waals surface area (Å²) in [5.41, 5.74) is 13.1. The van der Waals surface area contributed by atoms with Gasteiger partial charge in [0.15, 0.2) is 0 Å². The molecule has 10 aromatic rings. The molecule has 9 aromatic carbocycles. The van der Waals surface area contributed by atoms with Gasteiger partial charge in [-0.1, -0.05) is 147 Å². The van der Waals surface area contributed by atoms with Crippen molar-refractivity contribution in [3.8, 4) is 44.5 Å². The Morgan fingerprint density at radius 1 is 0.365 bits per heavy atom. The molecular weight excluding hydrogens is 645 g/mol. The molecule has 0 saturated carbocycles. The summed E-state index contributed by atoms with van der Waals surface area (Å²) in [6.45, 7) is 4.80. The Balaban J connectivity index is 1.13. The molecule has 0 aliphatic heterocycles. The molecule has 244 valence electrons. The maximum absolute atomic E-state index is 2.43. The number of rotatable bonds is 3. The van der Waals surface area contributed by atoms with Crippen molar-refractivity contribution < 1.29 is 0 Å². The van der Waals surface area contributed by atoms with Gasteiger partial charge in [-0.25, -0.2) is 0 Å². The molecule has 0 spiro atoms. The van der Waals surface area contributed by atoms with Crippen LogP contribution in [0.4, 0.5) is 0 Å². The van der Waals surface area contributed by atoms with Crippen LogP contribution in [0.15, 0.2) is 170 Å². The number of hydrogen-bond donors (Lipinski definition) is 0. The van der Waals surface area contributed by atoms with Crippen LogP contribution in [0.25, 0.3) is 97.0 Å². The van der Waals surface area contributed by atoms with E-state index in [2.05, 4.69) is 184 Å². The molecule has 0 N–H and O–H groups in total. The third-order valence-corrected chi connectivity index (χ3v) is 12.7. The molecule has 0 radical (unpaired) electrons. The molecule has 0 atom stereocenters. The molecule has 0 amide bonds. The zero-order valence-electron chi connectivity index (χ0n) is 29.1. The molecule has 1 aliphatic carbocycles. The fourth-order valence-electron chi connectivity index (χ4n) is 9.28. The number of fused-ring (bicyclic) bond motifs is 9. The molecule has 0 nitrogen and oxygen atoms in total. The SMILES string of the molecule is CC1(C)c2cc3ccccc3cc2-c2cccc(-c3cccc(-c4c5ccccc5c(-c5ccc6sc7ccccc7c6c5)c5ccccc45)c3)c21. The Hall–Kier alpha value is -6.02. The van der Waals surface area contributed by atoms with Gasteiger partial charge in [0.2, 0.25) is 0 Å². The summed E-state index contributed by atoms with van der Waals surface area (Å²) in [6.07, 6.45) is 0. The van der Waals surface area contributed by atoms with Gasteiger partial charge in [-0.2, -0.15) is 0 Å². The van der Waals surface area contributed by atoms with Gasteiger partial charge in [0.25, 0.3) is 0 Å². The highest BCUT2D eigenvalue weighted by Gasteiger charge is 2.37. The van der Waals surface area contributed by atoms with Gasteiger partial charge in [0.1, 0.15) is 0 Å². The van der Waals surface area contributed by atoms with Gasteiger partial charge in [0.05, 0.1) is 0 Å². The second-order valence-electron chi connectivity index (χ2n) is 14.8. The van der Waals surface area contributed by atoms with E-state index >= 15 is 0 Å². The summed E-state index contributed by atoms with van der Waals surface area (Å²) in [5.74, 6) is 0. The Morgan fingerprint density at radius 2 is 0.904 bits per heavy atom. The predicted octanol–water partition coefficient (Wildman–Crippen LogP) is 14.8. The van der Waals surface area contributed by atoms with Gasteiger partial charge < -0.3 is 0 Å². The van der Waals surface area contributed by atoms with E-state index < -0.39 is 0 Å². The lowest BCUT2D eigenvalue weighted by Crippen LogP contribution is -2.16. The van der Waals surface area contributed by atoms with Crippen LogP contribution < -0.4 is 0 Å². The fourth-order valence-corrected chi connectivity index (χ4v) is 10.4. The summed E-state index contributed by atoms with van der Waals surface area (Å²) in [5, 5.41) is 10.4. The lowest BCUT2D eigenvalue weighted by atomic mass is 9.78. The zero-order chi connectivity index (χ0) is 34.6. The van der Waals surface area contributed by atoms with Gasteiger partial charge in [-0.05, 0) is 124 Å². The van der Waals surface area contributed by atoms with Crippen molar-refractivity contribution in [2.24, 2.45) is 0 Å². The first-order valence-corrected chi connectivity index (χ1v) is 19.0. The monoisotopic (exact) mass is 678 g/mol. The highest BCUT2D eigenvalue weighted by molar-refractivity contribution is 7.25. The number of thiophene rings is 1. The summed E-state index contributed by atoms with van der Waals surface area (Å²) in [7, 11) is 0. The first-order chi connectivity index (χ1) is 25.5. The molecule has 0 saturated heterocycles. The second kappa shape index (κ2) is 11.0. The lowest BCUT2D eigenvalue weighted by molar-refractivity contribution is 0.663. The van der Waals surface area contributed by atoms with Gasteiger partial charge in [0, 0.05) is 25.6 Å². The summed E-state index contributed by atoms with van der Waals surface area (Å²) in [6, 6.07) is 63.6. The van der Waals surface area contributed by atoms with Crippen LogP contribution in [0.1, 0.15) is 25.0 Å². The quantitative estimate of drug-likeness (QED) is 0.163. The van der Waals surface area contributed by atoms with Crippen LogP contribution in [-0.2, 0) is 5.41 Å². The summed E-state index contributed by atoms with van der Waals surface area (Å²) in [4.78, 5) is 0. The highest BCUT2D eigenvalue weighted by atomic mass is 32.1. The smallest absolute Gasteiger partial charge is 0.0355 e. The minimum atomic E-state index is -0.128. The number of benzene rings is 9. The van der Waals surface area contributed by atoms with Crippen LogP contribution in [0.5, 0.6) is 0 Å². The van der Waals surface area contributed by atoms with Crippen molar-refractivity contribution in [1.82, 2.24) is 0 Å². The zero-order valence-corrected chi connectivity index (χ0v) is 29.9. The highest BCUT2D eigenvalue weighted by Crippen LogP contribution is 2.54. The normalized spacial score (nSPS) is 13.3. The molecule has 52 heavy (non-hydrogen) atoms. The lowest BCUT2D eigenvalue weighted by Gasteiger charge is -2.25. The van der Waals surface area contributed by atoms with E-state index in [0.717, 1.165) is 0 Å². The Bertz CT molecular complexity index is 3040. The average Bonchev–Trinajstić information content (AvgIpc) is 3.67. The van der Waals surface area contributed by atoms with Crippen molar-refractivity contribution in [2.75, 3.05) is 0 Å². The Labute approximate surface area is 307 Å². The topological polar surface area (TPSA) is 0 Å². The molecule has 0 bridgehead atoms. The molecule has 1 heteroatoms. The van der Waals surface area contributed by atoms with E-state index in [1.54, 1.807) is 0 Å². The second-order valence-corrected chi connectivity index (χ2v) is 15.9. The van der Waals surface area contributed by atoms with Crippen LogP contribution in [0.3, 0.4) is 0 Å². The van der Waals surface area contributed by atoms with Crippen LogP contribution in [0, 0.1) is 0 Å². The maximum Gasteiger partial charge on any atom is 0.0355 e. The third-order valence-electron chi connectivity index (χ3n) is 11.6. The van der Waals surface area contributed by atoms with Crippen molar-refractivity contribution in [3.63, 3.8) is 0 Å². The van der Waals surface area contributed by atoms with E-state index in [-0.39, 0.29) is 5.41 Å². The largest absolute Gasteiger partial charge is 0.135 e. The van der Waals surface area contributed by atoms with Crippen LogP contribution in [-0.4, -0.2) is 0 Å². The molecule has 11 rings (SSSR count). The van der Waals surface area contributed by atoms with Gasteiger partial charge in [-0.3, -0.25) is 0 Å². The van der Waals surface area contributed by atoms with E-state index in [9.17, 15) is 0 Å². The summed E-state index contributed by atoms with van der Waals surface area (Å²) >= 11 is 1.88. The molecular formula is C51H34S. The summed E-state index contributed by atoms with van der Waals surface area (Å²) < 4.78 is 2.67. The average molecular weight is 679 g/mol. The van der Waals surface area contributed by atoms with Crippen molar-refractivity contribution in [3.05, 3.63) is 181 Å². The van der Waals surface area contributed by atoms with Crippen LogP contribution in [0.2, 0.25) is 0 Å². The molecule has 0 unspecified atom stereocenters. The minimum absolute atomic E-state index is 0.128. The number of hydrogen-bond acceptors (Lipinski definition) is 1. The van der Waals surface area contributed by atoms with Crippen LogP contribution >= 0.6 is 11.3 Å². The first kappa shape index (κ1) is 29.7. The van der Waals surface area contributed by atoms with E-state index in [1.165, 1.54) is 108 Å². The minimum Gasteiger partial charge on any atom is -0.135 e. The Morgan fingerprint density at radius 3 is 1.62 bits per heavy atom. The molecule has 0 fully saturated rings. The fraction of sp³-hybridized carbons (Fsp3) is 0.0588. The predicted molar refractivity (Wildman–Crippen MR) is 226 cm³/mol. The van der Waals surface area contributed by atoms with E-state index in [4.69, 9.17) is 0 Å². The van der Waals surface area contributed by atoms with Crippen molar-refractivity contribution in [1.29, 1.82) is 0 Å². The van der Waals surface area contributed by atoms with Gasteiger partial charge >= 0.3 is 0 Å². The molecule has 1 heterocycles. The maximum atomic E-state index is 2.43. The Kier molecular flexibility index (Phi) is 6.27. The van der Waals surface area contributed by atoms with Gasteiger partial charge in [-0.15, -0.1) is 11.3 Å². The molecule has 1 aromatic heterocycles. The standard InChI is InChI=1S/C51H34S/c1-51(2)45-30-32-14-4-3-13-31(32)28-43(45)42-23-12-22-36(50(42)51)33-15-11-16-34(27-33)48-38-18-5-7-20-40(38)49(41-21-8-6-19-39(41)48)35-25-26-47-44(29-35)37-17-9-10-24-46(37)52-47/h3-30H,1-2H3. The van der Waals surface area contributed by atoms with E-state index in [0.29, 0.717) is 0 Å². The molecule has 1 aliphatic rings. The van der Waals surface area contributed by atoms with Crippen molar-refractivity contribution >= 4 is 63.8 Å². The van der Waals surface area contributed by atoms with Crippen molar-refractivity contribution in [2.45, 2.75) is 19.3 Å². The van der Waals surface area contributed by atoms with E-state index in [1.807, 2.05) is 11.3 Å². The third kappa shape index (κ3) is 4.21.